The fourth-order valence-electron chi connectivity index (χ4n) is 2.22. The summed E-state index contributed by atoms with van der Waals surface area (Å²) in [5.74, 6) is 0.192. The Kier molecular flexibility index (Phi) is 5.38. The summed E-state index contributed by atoms with van der Waals surface area (Å²) in [5, 5.41) is 3.50. The van der Waals surface area contributed by atoms with E-state index in [2.05, 4.69) is 5.32 Å². The van der Waals surface area contributed by atoms with Gasteiger partial charge in [-0.1, -0.05) is 12.1 Å². The molecule has 1 aromatic rings. The summed E-state index contributed by atoms with van der Waals surface area (Å²) >= 11 is 0. The number of carbonyl (C=O) groups is 1. The lowest BCUT2D eigenvalue weighted by Crippen LogP contribution is -2.45. The molecule has 5 heteroatoms. The number of hydrogen-bond acceptors (Lipinski definition) is 4. The van der Waals surface area contributed by atoms with E-state index in [4.69, 9.17) is 15.2 Å². The molecule has 3 N–H and O–H groups in total. The fourth-order valence-corrected chi connectivity index (χ4v) is 2.22. The third-order valence-corrected chi connectivity index (χ3v) is 3.40. The number of primary amides is 1. The molecule has 0 aliphatic heterocycles. The first-order valence-corrected chi connectivity index (χ1v) is 7.02. The van der Waals surface area contributed by atoms with Crippen molar-refractivity contribution in [1.29, 1.82) is 0 Å². The molecule has 1 aliphatic rings. The number of hydrogen-bond donors (Lipinski definition) is 2. The van der Waals surface area contributed by atoms with Crippen LogP contribution in [0, 0.1) is 0 Å². The lowest BCUT2D eigenvalue weighted by Gasteiger charge is -2.35. The summed E-state index contributed by atoms with van der Waals surface area (Å²) in [6, 6.07) is 8.23. The Labute approximate surface area is 119 Å². The van der Waals surface area contributed by atoms with Crippen molar-refractivity contribution in [2.45, 2.75) is 38.5 Å². The number of nitrogens with two attached hydrogens (primary N) is 1. The first kappa shape index (κ1) is 14.8. The van der Waals surface area contributed by atoms with E-state index in [0.717, 1.165) is 26.0 Å². The molecule has 0 bridgehead atoms. The molecule has 1 amide bonds. The second-order valence-corrected chi connectivity index (χ2v) is 5.03. The van der Waals surface area contributed by atoms with E-state index >= 15 is 0 Å². The van der Waals surface area contributed by atoms with Gasteiger partial charge in [-0.05, 0) is 37.5 Å². The molecule has 2 rings (SSSR count). The number of carbonyl (C=O) groups excluding carboxylic acids is 1. The highest BCUT2D eigenvalue weighted by Crippen LogP contribution is 2.23. The number of benzene rings is 1. The van der Waals surface area contributed by atoms with Gasteiger partial charge in [0.2, 0.25) is 0 Å². The quantitative estimate of drug-likeness (QED) is 0.749. The van der Waals surface area contributed by atoms with E-state index in [-0.39, 0.29) is 6.61 Å². The Morgan fingerprint density at radius 2 is 2.05 bits per heavy atom. The van der Waals surface area contributed by atoms with E-state index in [1.165, 1.54) is 5.56 Å². The SMILES string of the molecule is CCOC1CC(NCc2ccc(OCC(N)=O)cc2)C1. The predicted molar refractivity (Wildman–Crippen MR) is 76.4 cm³/mol. The highest BCUT2D eigenvalue weighted by atomic mass is 16.5. The van der Waals surface area contributed by atoms with Crippen LogP contribution in [-0.4, -0.2) is 31.3 Å². The molecular weight excluding hydrogens is 256 g/mol. The van der Waals surface area contributed by atoms with E-state index in [0.29, 0.717) is 17.9 Å². The molecule has 1 aromatic carbocycles. The fraction of sp³-hybridized carbons (Fsp3) is 0.533. The minimum atomic E-state index is -0.468. The van der Waals surface area contributed by atoms with Gasteiger partial charge in [-0.3, -0.25) is 4.79 Å². The summed E-state index contributed by atoms with van der Waals surface area (Å²) in [7, 11) is 0. The molecule has 110 valence electrons. The van der Waals surface area contributed by atoms with Crippen molar-refractivity contribution in [2.24, 2.45) is 5.73 Å². The van der Waals surface area contributed by atoms with E-state index in [1.54, 1.807) is 0 Å². The van der Waals surface area contributed by atoms with Crippen LogP contribution >= 0.6 is 0 Å². The van der Waals surface area contributed by atoms with Gasteiger partial charge in [-0.15, -0.1) is 0 Å². The summed E-state index contributed by atoms with van der Waals surface area (Å²) in [4.78, 5) is 10.6. The number of ether oxygens (including phenoxy) is 2. The zero-order valence-corrected chi connectivity index (χ0v) is 11.8. The van der Waals surface area contributed by atoms with Crippen LogP contribution in [0.4, 0.5) is 0 Å². The minimum absolute atomic E-state index is 0.0848. The van der Waals surface area contributed by atoms with Gasteiger partial charge in [0, 0.05) is 19.2 Å². The van der Waals surface area contributed by atoms with Crippen molar-refractivity contribution >= 4 is 5.91 Å². The lowest BCUT2D eigenvalue weighted by molar-refractivity contribution is -0.119. The Morgan fingerprint density at radius 3 is 2.65 bits per heavy atom. The van der Waals surface area contributed by atoms with Crippen LogP contribution in [0.2, 0.25) is 0 Å². The van der Waals surface area contributed by atoms with Crippen LogP contribution in [0.1, 0.15) is 25.3 Å². The molecule has 0 saturated heterocycles. The summed E-state index contributed by atoms with van der Waals surface area (Å²) in [5.41, 5.74) is 6.21. The summed E-state index contributed by atoms with van der Waals surface area (Å²) < 4.78 is 10.7. The molecule has 1 fully saturated rings. The van der Waals surface area contributed by atoms with Gasteiger partial charge in [0.25, 0.3) is 5.91 Å². The van der Waals surface area contributed by atoms with E-state index in [1.807, 2.05) is 31.2 Å². The second-order valence-electron chi connectivity index (χ2n) is 5.03. The summed E-state index contributed by atoms with van der Waals surface area (Å²) in [6.07, 6.45) is 2.61. The van der Waals surface area contributed by atoms with Crippen LogP contribution in [-0.2, 0) is 16.1 Å². The lowest BCUT2D eigenvalue weighted by atomic mass is 9.89. The molecule has 0 atom stereocenters. The van der Waals surface area contributed by atoms with Crippen molar-refractivity contribution in [3.63, 3.8) is 0 Å². The first-order valence-electron chi connectivity index (χ1n) is 7.02. The predicted octanol–water partition coefficient (Wildman–Crippen LogP) is 1.21. The number of rotatable bonds is 8. The van der Waals surface area contributed by atoms with Gasteiger partial charge in [-0.2, -0.15) is 0 Å². The largest absolute Gasteiger partial charge is 0.484 e. The van der Waals surface area contributed by atoms with Crippen molar-refractivity contribution < 1.29 is 14.3 Å². The van der Waals surface area contributed by atoms with Gasteiger partial charge in [0.05, 0.1) is 6.10 Å². The maximum absolute atomic E-state index is 10.6. The normalized spacial score (nSPS) is 21.2. The molecule has 0 spiro atoms. The third-order valence-electron chi connectivity index (χ3n) is 3.40. The number of nitrogens with one attached hydrogen (secondary N) is 1. The van der Waals surface area contributed by atoms with E-state index < -0.39 is 5.91 Å². The molecule has 0 heterocycles. The van der Waals surface area contributed by atoms with Gasteiger partial charge in [-0.25, -0.2) is 0 Å². The molecule has 0 unspecified atom stereocenters. The average molecular weight is 278 g/mol. The Bertz CT molecular complexity index is 427. The second kappa shape index (κ2) is 7.26. The topological polar surface area (TPSA) is 73.6 Å². The van der Waals surface area contributed by atoms with E-state index in [9.17, 15) is 4.79 Å². The monoisotopic (exact) mass is 278 g/mol. The molecule has 1 saturated carbocycles. The van der Waals surface area contributed by atoms with Crippen LogP contribution in [0.15, 0.2) is 24.3 Å². The Hall–Kier alpha value is -1.59. The molecule has 1 aliphatic carbocycles. The van der Waals surface area contributed by atoms with Crippen LogP contribution < -0.4 is 15.8 Å². The van der Waals surface area contributed by atoms with Gasteiger partial charge < -0.3 is 20.5 Å². The van der Waals surface area contributed by atoms with Crippen molar-refractivity contribution in [3.8, 4) is 5.75 Å². The Balaban J connectivity index is 1.68. The van der Waals surface area contributed by atoms with Crippen LogP contribution in [0.5, 0.6) is 5.75 Å². The van der Waals surface area contributed by atoms with Crippen LogP contribution in [0.25, 0.3) is 0 Å². The molecule has 5 nitrogen and oxygen atoms in total. The summed E-state index contributed by atoms with van der Waals surface area (Å²) in [6.45, 7) is 3.57. The standard InChI is InChI=1S/C15H22N2O3/c1-2-19-14-7-12(8-14)17-9-11-3-5-13(6-4-11)20-10-15(16)18/h3-6,12,14,17H,2,7-10H2,1H3,(H2,16,18). The minimum Gasteiger partial charge on any atom is -0.484 e. The highest BCUT2D eigenvalue weighted by Gasteiger charge is 2.28. The van der Waals surface area contributed by atoms with Gasteiger partial charge in [0.1, 0.15) is 5.75 Å². The Morgan fingerprint density at radius 1 is 1.35 bits per heavy atom. The maximum atomic E-state index is 10.6. The van der Waals surface area contributed by atoms with Crippen molar-refractivity contribution in [2.75, 3.05) is 13.2 Å². The van der Waals surface area contributed by atoms with Crippen LogP contribution in [0.3, 0.4) is 0 Å². The van der Waals surface area contributed by atoms with Gasteiger partial charge >= 0.3 is 0 Å². The van der Waals surface area contributed by atoms with Gasteiger partial charge in [0.15, 0.2) is 6.61 Å². The molecule has 20 heavy (non-hydrogen) atoms. The molecule has 0 aromatic heterocycles. The third kappa shape index (κ3) is 4.51. The smallest absolute Gasteiger partial charge is 0.255 e. The molecule has 0 radical (unpaired) electrons. The zero-order valence-electron chi connectivity index (χ0n) is 11.8. The van der Waals surface area contributed by atoms with Crippen molar-refractivity contribution in [3.05, 3.63) is 29.8 Å². The molecular formula is C15H22N2O3. The number of amides is 1. The first-order chi connectivity index (χ1) is 9.67. The zero-order chi connectivity index (χ0) is 14.4. The highest BCUT2D eigenvalue weighted by molar-refractivity contribution is 5.75. The maximum Gasteiger partial charge on any atom is 0.255 e. The average Bonchev–Trinajstić information content (AvgIpc) is 2.40. The van der Waals surface area contributed by atoms with Crippen molar-refractivity contribution in [1.82, 2.24) is 5.32 Å².